The second kappa shape index (κ2) is 4.90. The van der Waals surface area contributed by atoms with E-state index in [1.54, 1.807) is 11.3 Å². The van der Waals surface area contributed by atoms with Crippen molar-refractivity contribution in [2.75, 3.05) is 0 Å². The Morgan fingerprint density at radius 1 is 1.47 bits per heavy atom. The molecule has 0 spiro atoms. The van der Waals surface area contributed by atoms with Crippen LogP contribution in [-0.4, -0.2) is 24.3 Å². The Balaban J connectivity index is 2.14. The SMILES string of the molecule is CCCc1nn(C)c2c1[nH]c(=S)n2Cc1cncs1. The fourth-order valence-electron chi connectivity index (χ4n) is 2.31. The van der Waals surface area contributed by atoms with Crippen molar-refractivity contribution in [2.45, 2.75) is 26.3 Å². The van der Waals surface area contributed by atoms with E-state index in [2.05, 4.69) is 26.6 Å². The molecule has 0 unspecified atom stereocenters. The third kappa shape index (κ3) is 2.12. The quantitative estimate of drug-likeness (QED) is 0.753. The number of aryl methyl sites for hydroxylation is 2. The topological polar surface area (TPSA) is 51.4 Å². The zero-order valence-electron chi connectivity index (χ0n) is 10.9. The molecular formula is C12H15N5S2. The Morgan fingerprint density at radius 2 is 2.32 bits per heavy atom. The van der Waals surface area contributed by atoms with Crippen LogP contribution in [0.4, 0.5) is 0 Å². The van der Waals surface area contributed by atoms with Crippen LogP contribution in [-0.2, 0) is 20.0 Å². The Bertz CT molecular complexity index is 747. The van der Waals surface area contributed by atoms with Crippen LogP contribution in [0, 0.1) is 4.77 Å². The van der Waals surface area contributed by atoms with E-state index in [9.17, 15) is 0 Å². The minimum Gasteiger partial charge on any atom is -0.328 e. The second-order valence-electron chi connectivity index (χ2n) is 4.50. The highest BCUT2D eigenvalue weighted by Gasteiger charge is 2.15. The number of imidazole rings is 1. The fraction of sp³-hybridized carbons (Fsp3) is 0.417. The number of thiazole rings is 1. The van der Waals surface area contributed by atoms with Crippen LogP contribution in [0.3, 0.4) is 0 Å². The molecule has 3 rings (SSSR count). The van der Waals surface area contributed by atoms with Crippen molar-refractivity contribution in [1.29, 1.82) is 0 Å². The van der Waals surface area contributed by atoms with Gasteiger partial charge in [-0.1, -0.05) is 13.3 Å². The first-order valence-electron chi connectivity index (χ1n) is 6.22. The zero-order chi connectivity index (χ0) is 13.4. The van der Waals surface area contributed by atoms with E-state index in [0.717, 1.165) is 41.0 Å². The highest BCUT2D eigenvalue weighted by atomic mass is 32.1. The minimum absolute atomic E-state index is 0.744. The van der Waals surface area contributed by atoms with Crippen LogP contribution < -0.4 is 0 Å². The molecule has 0 aliphatic rings. The number of fused-ring (bicyclic) bond motifs is 1. The smallest absolute Gasteiger partial charge is 0.179 e. The molecule has 3 aromatic rings. The second-order valence-corrected chi connectivity index (χ2v) is 5.86. The van der Waals surface area contributed by atoms with Crippen molar-refractivity contribution in [3.05, 3.63) is 27.0 Å². The highest BCUT2D eigenvalue weighted by molar-refractivity contribution is 7.71. The summed E-state index contributed by atoms with van der Waals surface area (Å²) in [5, 5.41) is 4.58. The highest BCUT2D eigenvalue weighted by Crippen LogP contribution is 2.20. The lowest BCUT2D eigenvalue weighted by atomic mass is 10.2. The summed E-state index contributed by atoms with van der Waals surface area (Å²) in [4.78, 5) is 8.59. The normalized spacial score (nSPS) is 11.5. The Hall–Kier alpha value is -1.47. The Kier molecular flexibility index (Phi) is 3.24. The molecule has 0 aromatic carbocycles. The van der Waals surface area contributed by atoms with Gasteiger partial charge in [0.1, 0.15) is 5.52 Å². The van der Waals surface area contributed by atoms with Crippen molar-refractivity contribution in [3.8, 4) is 0 Å². The summed E-state index contributed by atoms with van der Waals surface area (Å²) in [6.45, 7) is 2.90. The first-order valence-corrected chi connectivity index (χ1v) is 7.51. The van der Waals surface area contributed by atoms with Gasteiger partial charge in [-0.2, -0.15) is 5.10 Å². The molecule has 0 saturated heterocycles. The molecule has 0 aliphatic carbocycles. The Morgan fingerprint density at radius 3 is 3.00 bits per heavy atom. The van der Waals surface area contributed by atoms with Gasteiger partial charge >= 0.3 is 0 Å². The van der Waals surface area contributed by atoms with Gasteiger partial charge in [0, 0.05) is 18.1 Å². The zero-order valence-corrected chi connectivity index (χ0v) is 12.5. The molecule has 3 heterocycles. The largest absolute Gasteiger partial charge is 0.328 e. The van der Waals surface area contributed by atoms with Crippen molar-refractivity contribution in [3.63, 3.8) is 0 Å². The molecule has 5 nitrogen and oxygen atoms in total. The minimum atomic E-state index is 0.744. The van der Waals surface area contributed by atoms with Gasteiger partial charge in [0.15, 0.2) is 10.4 Å². The van der Waals surface area contributed by atoms with E-state index >= 15 is 0 Å². The molecule has 0 amide bonds. The number of rotatable bonds is 4. The maximum Gasteiger partial charge on any atom is 0.179 e. The van der Waals surface area contributed by atoms with E-state index in [-0.39, 0.29) is 0 Å². The molecule has 7 heteroatoms. The third-order valence-electron chi connectivity index (χ3n) is 3.11. The fourth-order valence-corrected chi connectivity index (χ4v) is 3.15. The molecule has 3 aromatic heterocycles. The maximum atomic E-state index is 5.43. The van der Waals surface area contributed by atoms with Crippen LogP contribution in [0.5, 0.6) is 0 Å². The summed E-state index contributed by atoms with van der Waals surface area (Å²) in [7, 11) is 1.97. The summed E-state index contributed by atoms with van der Waals surface area (Å²) >= 11 is 7.07. The standard InChI is InChI=1S/C12H15N5S2/c1-3-4-9-10-11(16(2)15-9)17(12(18)14-10)6-8-5-13-7-19-8/h5,7H,3-4,6H2,1-2H3,(H,14,18). The summed E-state index contributed by atoms with van der Waals surface area (Å²) in [6, 6.07) is 0. The average Bonchev–Trinajstić information content (AvgIpc) is 3.04. The number of aromatic amines is 1. The van der Waals surface area contributed by atoms with E-state index in [4.69, 9.17) is 12.2 Å². The first kappa shape index (κ1) is 12.6. The van der Waals surface area contributed by atoms with Gasteiger partial charge < -0.3 is 4.98 Å². The van der Waals surface area contributed by atoms with E-state index < -0.39 is 0 Å². The van der Waals surface area contributed by atoms with Crippen LogP contribution in [0.2, 0.25) is 0 Å². The van der Waals surface area contributed by atoms with E-state index in [1.165, 1.54) is 4.88 Å². The average molecular weight is 293 g/mol. The maximum absolute atomic E-state index is 5.43. The molecular weight excluding hydrogens is 278 g/mol. The summed E-state index contributed by atoms with van der Waals surface area (Å²) in [6.07, 6.45) is 3.93. The number of nitrogens with zero attached hydrogens (tertiary/aromatic N) is 4. The number of hydrogen-bond acceptors (Lipinski definition) is 4. The van der Waals surface area contributed by atoms with Crippen molar-refractivity contribution >= 4 is 34.7 Å². The van der Waals surface area contributed by atoms with Crippen LogP contribution in [0.1, 0.15) is 23.9 Å². The lowest BCUT2D eigenvalue weighted by Crippen LogP contribution is -2.03. The van der Waals surface area contributed by atoms with Gasteiger partial charge in [-0.15, -0.1) is 11.3 Å². The van der Waals surface area contributed by atoms with Crippen molar-refractivity contribution in [1.82, 2.24) is 24.3 Å². The van der Waals surface area contributed by atoms with Gasteiger partial charge in [-0.25, -0.2) is 0 Å². The number of H-pyrrole nitrogens is 1. The van der Waals surface area contributed by atoms with Gasteiger partial charge in [0.25, 0.3) is 0 Å². The number of nitrogens with one attached hydrogen (secondary N) is 1. The molecule has 0 atom stereocenters. The van der Waals surface area contributed by atoms with Crippen LogP contribution in [0.25, 0.3) is 11.2 Å². The van der Waals surface area contributed by atoms with E-state index in [0.29, 0.717) is 0 Å². The van der Waals surface area contributed by atoms with E-state index in [1.807, 2.05) is 23.4 Å². The molecule has 0 radical (unpaired) electrons. The predicted molar refractivity (Wildman–Crippen MR) is 79.1 cm³/mol. The molecule has 0 saturated carbocycles. The van der Waals surface area contributed by atoms with Gasteiger partial charge in [0.05, 0.1) is 17.7 Å². The van der Waals surface area contributed by atoms with Crippen molar-refractivity contribution < 1.29 is 0 Å². The molecule has 0 fully saturated rings. The molecule has 19 heavy (non-hydrogen) atoms. The van der Waals surface area contributed by atoms with Gasteiger partial charge in [-0.05, 0) is 18.6 Å². The molecule has 0 bridgehead atoms. The Labute approximate surface area is 119 Å². The summed E-state index contributed by atoms with van der Waals surface area (Å²) in [5.74, 6) is 0. The number of aromatic nitrogens is 5. The van der Waals surface area contributed by atoms with Gasteiger partial charge in [0.2, 0.25) is 0 Å². The molecule has 1 N–H and O–H groups in total. The monoisotopic (exact) mass is 293 g/mol. The first-order chi connectivity index (χ1) is 9.20. The lowest BCUT2D eigenvalue weighted by molar-refractivity contribution is 0.705. The third-order valence-corrected chi connectivity index (χ3v) is 4.19. The van der Waals surface area contributed by atoms with Gasteiger partial charge in [-0.3, -0.25) is 14.2 Å². The number of hydrogen-bond donors (Lipinski definition) is 1. The molecule has 100 valence electrons. The van der Waals surface area contributed by atoms with Crippen molar-refractivity contribution in [2.24, 2.45) is 7.05 Å². The summed E-state index contributed by atoms with van der Waals surface area (Å²) in [5.41, 5.74) is 5.06. The summed E-state index contributed by atoms with van der Waals surface area (Å²) < 4.78 is 4.74. The molecule has 0 aliphatic heterocycles. The lowest BCUT2D eigenvalue weighted by Gasteiger charge is -2.01. The predicted octanol–water partition coefficient (Wildman–Crippen LogP) is 2.89. The van der Waals surface area contributed by atoms with Crippen LogP contribution >= 0.6 is 23.6 Å². The van der Waals surface area contributed by atoms with Crippen LogP contribution in [0.15, 0.2) is 11.7 Å².